The van der Waals surface area contributed by atoms with Crippen molar-refractivity contribution in [3.8, 4) is 11.5 Å². The Balaban J connectivity index is 2.49. The molecule has 0 aliphatic rings. The topological polar surface area (TPSA) is 75.8 Å². The van der Waals surface area contributed by atoms with E-state index in [-0.39, 0.29) is 0 Å². The smallest absolute Gasteiger partial charge is 0.161 e. The minimum absolute atomic E-state index is 0.626. The number of imidazole rings is 1. The van der Waals surface area contributed by atoms with E-state index in [0.717, 1.165) is 11.5 Å². The highest BCUT2D eigenvalue weighted by Crippen LogP contribution is 2.24. The molecule has 0 amide bonds. The minimum atomic E-state index is 0.626. The van der Waals surface area contributed by atoms with Gasteiger partial charge in [-0.3, -0.25) is 4.68 Å². The van der Waals surface area contributed by atoms with E-state index in [4.69, 9.17) is 5.73 Å². The first-order chi connectivity index (χ1) is 7.49. The Bertz CT molecular complexity index is 507. The fourth-order valence-electron chi connectivity index (χ4n) is 1.69. The first kappa shape index (κ1) is 10.5. The lowest BCUT2D eigenvalue weighted by Gasteiger charge is -2.09. The van der Waals surface area contributed by atoms with Gasteiger partial charge in [-0.2, -0.15) is 5.10 Å². The van der Waals surface area contributed by atoms with Crippen molar-refractivity contribution in [2.24, 2.45) is 7.05 Å². The molecule has 0 aliphatic carbocycles. The number of nitrogens with two attached hydrogens (primary N) is 1. The zero-order valence-electron chi connectivity index (χ0n) is 9.94. The van der Waals surface area contributed by atoms with Crippen molar-refractivity contribution >= 4 is 11.5 Å². The van der Waals surface area contributed by atoms with Crippen LogP contribution in [-0.2, 0) is 7.05 Å². The van der Waals surface area contributed by atoms with E-state index in [9.17, 15) is 0 Å². The van der Waals surface area contributed by atoms with Crippen molar-refractivity contribution in [1.82, 2.24) is 19.7 Å². The number of rotatable bonds is 2. The second-order valence-corrected chi connectivity index (χ2v) is 4.02. The van der Waals surface area contributed by atoms with Gasteiger partial charge >= 0.3 is 0 Å². The van der Waals surface area contributed by atoms with E-state index in [1.807, 2.05) is 33.0 Å². The van der Waals surface area contributed by atoms with Gasteiger partial charge in [0.05, 0.1) is 11.4 Å². The predicted octanol–water partition coefficient (Wildman–Crippen LogP) is 0.767. The Labute approximate surface area is 94.1 Å². The Morgan fingerprint density at radius 3 is 2.56 bits per heavy atom. The maximum Gasteiger partial charge on any atom is 0.161 e. The molecule has 0 radical (unpaired) electrons. The molecule has 0 atom stereocenters. The third-order valence-corrected chi connectivity index (χ3v) is 2.39. The number of nitrogens with one attached hydrogen (secondary N) is 1. The highest BCUT2D eigenvalue weighted by molar-refractivity contribution is 5.68. The lowest BCUT2D eigenvalue weighted by atomic mass is 10.4. The van der Waals surface area contributed by atoms with Crippen LogP contribution in [0, 0.1) is 6.92 Å². The molecule has 0 bridgehead atoms. The molecule has 2 aromatic heterocycles. The molecule has 3 N–H and O–H groups in total. The highest BCUT2D eigenvalue weighted by atomic mass is 15.3. The number of aromatic nitrogens is 4. The van der Waals surface area contributed by atoms with E-state index < -0.39 is 0 Å². The van der Waals surface area contributed by atoms with Crippen LogP contribution in [0.25, 0.3) is 11.5 Å². The molecule has 0 saturated heterocycles. The van der Waals surface area contributed by atoms with Gasteiger partial charge in [0.25, 0.3) is 0 Å². The fraction of sp³-hybridized carbons (Fsp3) is 0.400. The van der Waals surface area contributed by atoms with Crippen molar-refractivity contribution in [3.63, 3.8) is 0 Å². The fourth-order valence-corrected chi connectivity index (χ4v) is 1.69. The lowest BCUT2D eigenvalue weighted by molar-refractivity contribution is 0.769. The second-order valence-electron chi connectivity index (χ2n) is 4.02. The predicted molar refractivity (Wildman–Crippen MR) is 64.3 cm³/mol. The summed E-state index contributed by atoms with van der Waals surface area (Å²) in [5.41, 5.74) is 8.11. The third-order valence-electron chi connectivity index (χ3n) is 2.39. The van der Waals surface area contributed by atoms with Crippen LogP contribution < -0.4 is 10.6 Å². The van der Waals surface area contributed by atoms with Crippen molar-refractivity contribution in [3.05, 3.63) is 11.9 Å². The third kappa shape index (κ3) is 1.62. The molecule has 6 nitrogen and oxygen atoms in total. The van der Waals surface area contributed by atoms with Gasteiger partial charge in [0.1, 0.15) is 5.82 Å². The molecule has 6 heteroatoms. The van der Waals surface area contributed by atoms with Gasteiger partial charge in [-0.15, -0.1) is 0 Å². The van der Waals surface area contributed by atoms with Crippen molar-refractivity contribution in [1.29, 1.82) is 0 Å². The molecular weight excluding hydrogens is 204 g/mol. The van der Waals surface area contributed by atoms with Gasteiger partial charge < -0.3 is 15.6 Å². The Morgan fingerprint density at radius 2 is 2.12 bits per heavy atom. The van der Waals surface area contributed by atoms with Gasteiger partial charge in [-0.05, 0) is 6.92 Å². The normalized spacial score (nSPS) is 10.8. The molecule has 0 fully saturated rings. The minimum Gasteiger partial charge on any atom is -0.396 e. The quantitative estimate of drug-likeness (QED) is 0.783. The van der Waals surface area contributed by atoms with E-state index in [0.29, 0.717) is 17.2 Å². The summed E-state index contributed by atoms with van der Waals surface area (Å²) in [6.07, 6.45) is 1.77. The van der Waals surface area contributed by atoms with Crippen LogP contribution in [0.5, 0.6) is 0 Å². The number of nitrogen functional groups attached to an aromatic ring is 1. The number of aromatic amines is 1. The average Bonchev–Trinajstić information content (AvgIpc) is 2.69. The van der Waals surface area contributed by atoms with E-state index in [2.05, 4.69) is 15.1 Å². The maximum absolute atomic E-state index is 5.85. The van der Waals surface area contributed by atoms with E-state index in [1.54, 1.807) is 10.9 Å². The summed E-state index contributed by atoms with van der Waals surface area (Å²) >= 11 is 0. The molecule has 86 valence electrons. The van der Waals surface area contributed by atoms with Crippen molar-refractivity contribution in [2.75, 3.05) is 24.7 Å². The van der Waals surface area contributed by atoms with Crippen LogP contribution in [0.4, 0.5) is 11.5 Å². The van der Waals surface area contributed by atoms with Crippen LogP contribution in [0.3, 0.4) is 0 Å². The summed E-state index contributed by atoms with van der Waals surface area (Å²) in [4.78, 5) is 9.61. The highest BCUT2D eigenvalue weighted by Gasteiger charge is 2.14. The van der Waals surface area contributed by atoms with Crippen LogP contribution in [-0.4, -0.2) is 33.8 Å². The molecule has 2 aromatic rings. The number of hydrogen-bond donors (Lipinski definition) is 2. The van der Waals surface area contributed by atoms with Gasteiger partial charge in [0, 0.05) is 27.3 Å². The van der Waals surface area contributed by atoms with Crippen molar-refractivity contribution < 1.29 is 0 Å². The summed E-state index contributed by atoms with van der Waals surface area (Å²) < 4.78 is 1.68. The number of nitrogens with zero attached hydrogens (tertiary/aromatic N) is 4. The van der Waals surface area contributed by atoms with E-state index in [1.165, 1.54) is 0 Å². The Hall–Kier alpha value is -1.98. The second kappa shape index (κ2) is 3.55. The zero-order valence-corrected chi connectivity index (χ0v) is 9.94. The average molecular weight is 220 g/mol. The Morgan fingerprint density at radius 1 is 1.44 bits per heavy atom. The molecule has 2 heterocycles. The van der Waals surface area contributed by atoms with Crippen LogP contribution >= 0.6 is 0 Å². The molecular formula is C10H16N6. The van der Waals surface area contributed by atoms with Crippen molar-refractivity contribution in [2.45, 2.75) is 6.92 Å². The lowest BCUT2D eigenvalue weighted by Crippen LogP contribution is -2.10. The first-order valence-corrected chi connectivity index (χ1v) is 5.02. The van der Waals surface area contributed by atoms with Gasteiger partial charge in [-0.1, -0.05) is 0 Å². The summed E-state index contributed by atoms with van der Waals surface area (Å²) in [6.45, 7) is 1.95. The Kier molecular flexibility index (Phi) is 2.34. The van der Waals surface area contributed by atoms with Gasteiger partial charge in [0.15, 0.2) is 11.5 Å². The summed E-state index contributed by atoms with van der Waals surface area (Å²) in [6, 6.07) is 0. The standard InChI is InChI=1S/C10H16N6/c1-6-10(15(2)3)13-9(12-6)8-7(11)5-16(4)14-8/h5H,11H2,1-4H3,(H,12,13). The SMILES string of the molecule is Cc1nc(-c2nn(C)cc2N)[nH]c1N(C)C. The van der Waals surface area contributed by atoms with E-state index >= 15 is 0 Å². The first-order valence-electron chi connectivity index (χ1n) is 5.02. The summed E-state index contributed by atoms with van der Waals surface area (Å²) in [5.74, 6) is 1.68. The molecule has 0 aliphatic heterocycles. The van der Waals surface area contributed by atoms with Gasteiger partial charge in [0.2, 0.25) is 0 Å². The molecule has 16 heavy (non-hydrogen) atoms. The maximum atomic E-state index is 5.85. The molecule has 0 spiro atoms. The number of hydrogen-bond acceptors (Lipinski definition) is 4. The molecule has 0 saturated carbocycles. The van der Waals surface area contributed by atoms with Crippen LogP contribution in [0.2, 0.25) is 0 Å². The summed E-state index contributed by atoms with van der Waals surface area (Å²) in [5, 5.41) is 4.27. The summed E-state index contributed by atoms with van der Waals surface area (Å²) in [7, 11) is 5.76. The van der Waals surface area contributed by atoms with Crippen LogP contribution in [0.15, 0.2) is 6.20 Å². The number of H-pyrrole nitrogens is 1. The molecule has 0 aromatic carbocycles. The molecule has 0 unspecified atom stereocenters. The molecule has 2 rings (SSSR count). The van der Waals surface area contributed by atoms with Gasteiger partial charge in [-0.25, -0.2) is 4.98 Å². The zero-order chi connectivity index (χ0) is 11.9. The monoisotopic (exact) mass is 220 g/mol. The number of anilines is 2. The van der Waals surface area contributed by atoms with Crippen LogP contribution in [0.1, 0.15) is 5.69 Å². The largest absolute Gasteiger partial charge is 0.396 e. The number of aryl methyl sites for hydroxylation is 2.